The number of hydrogen-bond donors (Lipinski definition) is 2. The molecule has 0 heterocycles. The van der Waals surface area contributed by atoms with Crippen molar-refractivity contribution >= 4 is 43.5 Å². The molecule has 2 unspecified atom stereocenters. The third-order valence-corrected chi connectivity index (χ3v) is 5.90. The van der Waals surface area contributed by atoms with E-state index in [4.69, 9.17) is 0 Å². The second-order valence-electron chi connectivity index (χ2n) is 6.62. The van der Waals surface area contributed by atoms with Gasteiger partial charge in [0.25, 0.3) is 0 Å². The second-order valence-corrected chi connectivity index (χ2v) is 8.33. The molecular formula is C20H22Br2N2O. The molecule has 0 saturated carbocycles. The number of nitrogens with one attached hydrogen (secondary N) is 2. The van der Waals surface area contributed by atoms with Crippen LogP contribution in [0.25, 0.3) is 0 Å². The summed E-state index contributed by atoms with van der Waals surface area (Å²) in [5.41, 5.74) is 4.61. The molecule has 25 heavy (non-hydrogen) atoms. The molecule has 2 aromatic rings. The monoisotopic (exact) mass is 464 g/mol. The predicted molar refractivity (Wildman–Crippen MR) is 110 cm³/mol. The minimum atomic E-state index is -0.281. The Bertz CT molecular complexity index is 768. The number of rotatable bonds is 4. The van der Waals surface area contributed by atoms with Gasteiger partial charge in [-0.15, -0.1) is 0 Å². The van der Waals surface area contributed by atoms with E-state index in [0.717, 1.165) is 39.5 Å². The van der Waals surface area contributed by atoms with Gasteiger partial charge in [-0.05, 0) is 93.8 Å². The van der Waals surface area contributed by atoms with Crippen LogP contribution in [0.3, 0.4) is 0 Å². The zero-order valence-electron chi connectivity index (χ0n) is 14.4. The van der Waals surface area contributed by atoms with Gasteiger partial charge in [0.1, 0.15) is 0 Å². The highest BCUT2D eigenvalue weighted by molar-refractivity contribution is 9.11. The summed E-state index contributed by atoms with van der Waals surface area (Å²) in [6.07, 6.45) is 3.34. The van der Waals surface area contributed by atoms with Gasteiger partial charge in [-0.25, -0.2) is 0 Å². The number of carbonyl (C=O) groups excluding carboxylic acids is 1. The summed E-state index contributed by atoms with van der Waals surface area (Å²) in [7, 11) is 0. The number of hydrogen-bond acceptors (Lipinski definition) is 2. The van der Waals surface area contributed by atoms with Gasteiger partial charge in [0, 0.05) is 15.0 Å². The first kappa shape index (κ1) is 18.6. The first-order valence-electron chi connectivity index (χ1n) is 8.56. The summed E-state index contributed by atoms with van der Waals surface area (Å²) >= 11 is 7.06. The van der Waals surface area contributed by atoms with E-state index in [1.807, 2.05) is 26.0 Å². The number of anilines is 1. The van der Waals surface area contributed by atoms with Crippen LogP contribution < -0.4 is 10.6 Å². The number of amides is 1. The first-order chi connectivity index (χ1) is 12.0. The molecule has 0 aromatic heterocycles. The van der Waals surface area contributed by atoms with E-state index in [9.17, 15) is 4.79 Å². The third-order valence-electron chi connectivity index (χ3n) is 4.65. The van der Waals surface area contributed by atoms with Crippen LogP contribution >= 0.6 is 31.9 Å². The fourth-order valence-electron chi connectivity index (χ4n) is 3.36. The molecule has 0 saturated heterocycles. The van der Waals surface area contributed by atoms with E-state index in [1.54, 1.807) is 0 Å². The standard InChI is InChI=1S/C20H22Br2N2O/c1-12-10-16(21)19(17(22)11-12)24-20(25)13(2)23-18-9-5-7-14-6-3-4-8-15(14)18/h3-4,6,8,10-11,13,18,23H,5,7,9H2,1-2H3,(H,24,25). The van der Waals surface area contributed by atoms with E-state index in [1.165, 1.54) is 11.1 Å². The smallest absolute Gasteiger partial charge is 0.241 e. The van der Waals surface area contributed by atoms with E-state index in [0.29, 0.717) is 0 Å². The molecule has 1 amide bonds. The van der Waals surface area contributed by atoms with Crippen LogP contribution in [0.1, 0.15) is 42.5 Å². The van der Waals surface area contributed by atoms with Crippen molar-refractivity contribution in [2.75, 3.05) is 5.32 Å². The molecule has 2 aromatic carbocycles. The molecule has 3 rings (SSSR count). The molecule has 1 aliphatic carbocycles. The van der Waals surface area contributed by atoms with Gasteiger partial charge in [-0.2, -0.15) is 0 Å². The fraction of sp³-hybridized carbons (Fsp3) is 0.350. The van der Waals surface area contributed by atoms with Gasteiger partial charge in [-0.1, -0.05) is 24.3 Å². The minimum absolute atomic E-state index is 0.0340. The molecule has 0 bridgehead atoms. The molecular weight excluding hydrogens is 444 g/mol. The zero-order chi connectivity index (χ0) is 18.0. The van der Waals surface area contributed by atoms with Gasteiger partial charge in [0.15, 0.2) is 0 Å². The zero-order valence-corrected chi connectivity index (χ0v) is 17.6. The van der Waals surface area contributed by atoms with Crippen molar-refractivity contribution in [3.8, 4) is 0 Å². The average Bonchev–Trinajstić information content (AvgIpc) is 2.58. The Morgan fingerprint density at radius 2 is 1.88 bits per heavy atom. The Kier molecular flexibility index (Phi) is 5.97. The van der Waals surface area contributed by atoms with Crippen LogP contribution in [0.5, 0.6) is 0 Å². The molecule has 1 aliphatic rings. The second kappa shape index (κ2) is 8.02. The summed E-state index contributed by atoms with van der Waals surface area (Å²) in [6, 6.07) is 12.5. The van der Waals surface area contributed by atoms with Crippen molar-refractivity contribution in [1.82, 2.24) is 5.32 Å². The summed E-state index contributed by atoms with van der Waals surface area (Å²) in [5, 5.41) is 6.53. The quantitative estimate of drug-likeness (QED) is 0.624. The maximum absolute atomic E-state index is 12.7. The third kappa shape index (κ3) is 4.33. The number of carbonyl (C=O) groups is 1. The molecule has 2 N–H and O–H groups in total. The maximum atomic E-state index is 12.7. The maximum Gasteiger partial charge on any atom is 0.241 e. The van der Waals surface area contributed by atoms with Crippen LogP contribution in [-0.2, 0) is 11.2 Å². The van der Waals surface area contributed by atoms with Gasteiger partial charge in [0.2, 0.25) is 5.91 Å². The van der Waals surface area contributed by atoms with Crippen LogP contribution in [0.4, 0.5) is 5.69 Å². The first-order valence-corrected chi connectivity index (χ1v) is 10.1. The Morgan fingerprint density at radius 3 is 2.60 bits per heavy atom. The highest BCUT2D eigenvalue weighted by Gasteiger charge is 2.24. The van der Waals surface area contributed by atoms with Crippen LogP contribution in [0.2, 0.25) is 0 Å². The van der Waals surface area contributed by atoms with Crippen molar-refractivity contribution in [2.24, 2.45) is 0 Å². The van der Waals surface area contributed by atoms with Crippen LogP contribution in [0.15, 0.2) is 45.3 Å². The van der Waals surface area contributed by atoms with Crippen LogP contribution in [-0.4, -0.2) is 11.9 Å². The van der Waals surface area contributed by atoms with Gasteiger partial charge in [0.05, 0.1) is 11.7 Å². The average molecular weight is 466 g/mol. The number of halogens is 2. The van der Waals surface area contributed by atoms with Gasteiger partial charge >= 0.3 is 0 Å². The highest BCUT2D eigenvalue weighted by Crippen LogP contribution is 2.33. The Morgan fingerprint density at radius 1 is 1.20 bits per heavy atom. The largest absolute Gasteiger partial charge is 0.323 e. The number of benzene rings is 2. The molecule has 2 atom stereocenters. The summed E-state index contributed by atoms with van der Waals surface area (Å²) in [5.74, 6) is -0.0340. The minimum Gasteiger partial charge on any atom is -0.323 e. The van der Waals surface area contributed by atoms with Crippen molar-refractivity contribution in [1.29, 1.82) is 0 Å². The van der Waals surface area contributed by atoms with Gasteiger partial charge < -0.3 is 5.32 Å². The topological polar surface area (TPSA) is 41.1 Å². The number of aryl methyl sites for hydroxylation is 2. The molecule has 132 valence electrons. The van der Waals surface area contributed by atoms with Crippen molar-refractivity contribution < 1.29 is 4.79 Å². The summed E-state index contributed by atoms with van der Waals surface area (Å²) in [6.45, 7) is 3.94. The van der Waals surface area contributed by atoms with E-state index in [-0.39, 0.29) is 18.0 Å². The lowest BCUT2D eigenvalue weighted by Crippen LogP contribution is -2.41. The molecule has 3 nitrogen and oxygen atoms in total. The van der Waals surface area contributed by atoms with E-state index < -0.39 is 0 Å². The van der Waals surface area contributed by atoms with Crippen LogP contribution in [0, 0.1) is 6.92 Å². The van der Waals surface area contributed by atoms with Crippen molar-refractivity contribution in [3.05, 3.63) is 62.0 Å². The fourth-order valence-corrected chi connectivity index (χ4v) is 4.97. The molecule has 5 heteroatoms. The van der Waals surface area contributed by atoms with Crippen molar-refractivity contribution in [2.45, 2.75) is 45.2 Å². The van der Waals surface area contributed by atoms with Gasteiger partial charge in [-0.3, -0.25) is 10.1 Å². The SMILES string of the molecule is Cc1cc(Br)c(NC(=O)C(C)NC2CCCc3ccccc32)c(Br)c1. The summed E-state index contributed by atoms with van der Waals surface area (Å²) < 4.78 is 1.76. The molecule has 0 aliphatic heterocycles. The molecule has 0 spiro atoms. The lowest BCUT2D eigenvalue weighted by molar-refractivity contribution is -0.118. The predicted octanol–water partition coefficient (Wildman–Crippen LogP) is 5.51. The van der Waals surface area contributed by atoms with E-state index >= 15 is 0 Å². The Hall–Kier alpha value is -1.17. The van der Waals surface area contributed by atoms with E-state index in [2.05, 4.69) is 66.8 Å². The lowest BCUT2D eigenvalue weighted by atomic mass is 9.87. The summed E-state index contributed by atoms with van der Waals surface area (Å²) in [4.78, 5) is 12.7. The normalized spacial score (nSPS) is 17.7. The lowest BCUT2D eigenvalue weighted by Gasteiger charge is -2.29. The van der Waals surface area contributed by atoms with Crippen molar-refractivity contribution in [3.63, 3.8) is 0 Å². The highest BCUT2D eigenvalue weighted by atomic mass is 79.9. The number of fused-ring (bicyclic) bond motifs is 1. The Balaban J connectivity index is 1.70. The molecule has 0 fully saturated rings. The Labute approximate surface area is 165 Å². The molecule has 0 radical (unpaired) electrons.